The molecule has 0 heterocycles. The lowest BCUT2D eigenvalue weighted by Crippen LogP contribution is -2.30. The Morgan fingerprint density at radius 2 is 0.692 bits per heavy atom. The largest absolute Gasteiger partial charge is 0.472 e. The highest BCUT2D eigenvalue weighted by Crippen LogP contribution is 2.43. The maximum atomic E-state index is 12.9. The number of esters is 3. The van der Waals surface area contributed by atoms with Crippen LogP contribution in [-0.2, 0) is 42.2 Å². The fourth-order valence-electron chi connectivity index (χ4n) is 7.80. The van der Waals surface area contributed by atoms with Gasteiger partial charge in [-0.05, 0) is 116 Å². The van der Waals surface area contributed by atoms with E-state index in [-0.39, 0.29) is 25.9 Å². The van der Waals surface area contributed by atoms with E-state index in [1.807, 2.05) is 12.2 Å². The van der Waals surface area contributed by atoms with Crippen molar-refractivity contribution >= 4 is 25.7 Å². The number of carbonyl (C=O) groups excluding carboxylic acids is 3. The van der Waals surface area contributed by atoms with E-state index in [9.17, 15) is 28.9 Å². The topological polar surface area (TPSA) is 155 Å². The van der Waals surface area contributed by atoms with Gasteiger partial charge in [0.25, 0.3) is 0 Å². The molecule has 0 bridgehead atoms. The van der Waals surface area contributed by atoms with Gasteiger partial charge in [0.1, 0.15) is 12.7 Å². The molecule has 0 aromatic carbocycles. The van der Waals surface area contributed by atoms with E-state index in [2.05, 4.69) is 130 Å². The first-order chi connectivity index (χ1) is 38.2. The summed E-state index contributed by atoms with van der Waals surface area (Å²) in [5.74, 6) is -1.59. The lowest BCUT2D eigenvalue weighted by molar-refractivity contribution is -0.161. The predicted molar refractivity (Wildman–Crippen MR) is 325 cm³/mol. The quantitative estimate of drug-likeness (QED) is 0.0197. The van der Waals surface area contributed by atoms with Gasteiger partial charge < -0.3 is 24.2 Å². The Morgan fingerprint density at radius 3 is 1.12 bits per heavy atom. The number of phosphoric acid groups is 1. The van der Waals surface area contributed by atoms with Gasteiger partial charge in [0.2, 0.25) is 0 Å². The second-order valence-electron chi connectivity index (χ2n) is 19.7. The van der Waals surface area contributed by atoms with Crippen molar-refractivity contribution in [1.82, 2.24) is 0 Å². The Hall–Kier alpha value is -4.12. The standard InChI is InChI=1S/C66H109O11P/c1-4-7-10-13-16-19-22-25-28-30-31-33-36-39-42-45-48-51-54-57-66(70)77-63(59-73-64(68)55-52-49-46-43-40-37-34-27-24-21-18-15-12-9-6-3)61-75-78(71,72)74-60-62(58-67)76-65(69)56-53-50-47-44-41-38-35-32-29-26-23-20-17-14-11-8-5-2/h7-8,10-11,16-17,19-20,25-29,31,33-34,39,42,48,51,62-63,67H,4-6,9,12-15,18,21-24,30,32,35-38,40-41,43-47,49-50,52-61H2,1-3H3,(H,71,72)/b10-7-,11-8-,19-16-,20-17-,28-25-,29-26-,33-31-,34-27-,42-39-,51-48-. The number of phosphoric ester groups is 1. The van der Waals surface area contributed by atoms with Crippen molar-refractivity contribution in [3.8, 4) is 0 Å². The number of carbonyl (C=O) groups is 3. The van der Waals surface area contributed by atoms with Gasteiger partial charge in [-0.15, -0.1) is 0 Å². The van der Waals surface area contributed by atoms with Crippen LogP contribution in [0.2, 0.25) is 0 Å². The number of allylic oxidation sites excluding steroid dienone is 20. The minimum atomic E-state index is -4.78. The predicted octanol–water partition coefficient (Wildman–Crippen LogP) is 18.4. The summed E-state index contributed by atoms with van der Waals surface area (Å²) >= 11 is 0. The smallest absolute Gasteiger partial charge is 0.462 e. The van der Waals surface area contributed by atoms with Gasteiger partial charge in [0.05, 0.1) is 19.8 Å². The molecule has 0 saturated carbocycles. The average molecular weight is 1110 g/mol. The second kappa shape index (κ2) is 59.0. The van der Waals surface area contributed by atoms with Crippen molar-refractivity contribution in [2.45, 2.75) is 251 Å². The number of unbranched alkanes of at least 4 members (excludes halogenated alkanes) is 18. The molecule has 0 aromatic heterocycles. The number of hydrogen-bond acceptors (Lipinski definition) is 10. The van der Waals surface area contributed by atoms with Crippen LogP contribution in [-0.4, -0.2) is 66.5 Å². The third-order valence-electron chi connectivity index (χ3n) is 12.4. The Bertz CT molecular complexity index is 1770. The Morgan fingerprint density at radius 1 is 0.372 bits per heavy atom. The summed E-state index contributed by atoms with van der Waals surface area (Å²) in [7, 11) is -4.78. The number of ether oxygens (including phenoxy) is 3. The molecule has 0 amide bonds. The van der Waals surface area contributed by atoms with E-state index < -0.39 is 57.8 Å². The molecule has 0 spiro atoms. The van der Waals surface area contributed by atoms with Crippen LogP contribution in [0.25, 0.3) is 0 Å². The number of aliphatic hydroxyl groups is 1. The summed E-state index contributed by atoms with van der Waals surface area (Å²) in [6.07, 6.45) is 73.1. The first kappa shape index (κ1) is 73.9. The molecule has 2 N–H and O–H groups in total. The zero-order valence-electron chi connectivity index (χ0n) is 49.1. The highest BCUT2D eigenvalue weighted by molar-refractivity contribution is 7.47. The average Bonchev–Trinajstić information content (AvgIpc) is 3.43. The van der Waals surface area contributed by atoms with Crippen molar-refractivity contribution in [3.05, 3.63) is 122 Å². The Kier molecular flexibility index (Phi) is 55.9. The zero-order valence-corrected chi connectivity index (χ0v) is 50.0. The fraction of sp³-hybridized carbons (Fsp3) is 0.652. The molecular formula is C66H109O11P. The van der Waals surface area contributed by atoms with Crippen LogP contribution in [0.4, 0.5) is 0 Å². The maximum absolute atomic E-state index is 12.9. The molecule has 3 atom stereocenters. The molecule has 0 saturated heterocycles. The van der Waals surface area contributed by atoms with Crippen molar-refractivity contribution < 1.29 is 52.2 Å². The molecule has 0 aliphatic heterocycles. The first-order valence-corrected chi connectivity index (χ1v) is 31.9. The van der Waals surface area contributed by atoms with E-state index in [1.165, 1.54) is 44.9 Å². The molecule has 0 radical (unpaired) electrons. The fourth-order valence-corrected chi connectivity index (χ4v) is 8.59. The van der Waals surface area contributed by atoms with Gasteiger partial charge in [-0.2, -0.15) is 0 Å². The van der Waals surface area contributed by atoms with Crippen molar-refractivity contribution in [2.24, 2.45) is 0 Å². The summed E-state index contributed by atoms with van der Waals surface area (Å²) in [6.45, 7) is 4.31. The highest BCUT2D eigenvalue weighted by Gasteiger charge is 2.28. The molecule has 444 valence electrons. The van der Waals surface area contributed by atoms with Crippen LogP contribution in [0.15, 0.2) is 122 Å². The third kappa shape index (κ3) is 56.6. The Balaban J connectivity index is 4.84. The van der Waals surface area contributed by atoms with Crippen LogP contribution in [0.1, 0.15) is 239 Å². The van der Waals surface area contributed by atoms with Gasteiger partial charge in [-0.25, -0.2) is 4.57 Å². The van der Waals surface area contributed by atoms with Crippen LogP contribution >= 0.6 is 7.82 Å². The minimum Gasteiger partial charge on any atom is -0.462 e. The maximum Gasteiger partial charge on any atom is 0.472 e. The lowest BCUT2D eigenvalue weighted by Gasteiger charge is -2.21. The van der Waals surface area contributed by atoms with Crippen molar-refractivity contribution in [2.75, 3.05) is 26.4 Å². The molecule has 3 unspecified atom stereocenters. The van der Waals surface area contributed by atoms with E-state index in [0.29, 0.717) is 25.7 Å². The van der Waals surface area contributed by atoms with Gasteiger partial charge in [-0.3, -0.25) is 23.4 Å². The summed E-state index contributed by atoms with van der Waals surface area (Å²) in [4.78, 5) is 48.6. The molecule has 0 fully saturated rings. The van der Waals surface area contributed by atoms with Gasteiger partial charge in [0.15, 0.2) is 6.10 Å². The molecule has 11 nitrogen and oxygen atoms in total. The summed E-state index contributed by atoms with van der Waals surface area (Å²) < 4.78 is 39.5. The number of rotatable bonds is 55. The van der Waals surface area contributed by atoms with Crippen LogP contribution in [0.3, 0.4) is 0 Å². The zero-order chi connectivity index (χ0) is 56.9. The van der Waals surface area contributed by atoms with Crippen LogP contribution < -0.4 is 0 Å². The second-order valence-corrected chi connectivity index (χ2v) is 21.2. The van der Waals surface area contributed by atoms with E-state index in [4.69, 9.17) is 23.3 Å². The highest BCUT2D eigenvalue weighted by atomic mass is 31.2. The molecular weight excluding hydrogens is 1000 g/mol. The molecule has 12 heteroatoms. The third-order valence-corrected chi connectivity index (χ3v) is 13.3. The van der Waals surface area contributed by atoms with Crippen LogP contribution in [0, 0.1) is 0 Å². The van der Waals surface area contributed by atoms with Gasteiger partial charge in [-0.1, -0.05) is 226 Å². The molecule has 0 aliphatic rings. The van der Waals surface area contributed by atoms with E-state index in [0.717, 1.165) is 128 Å². The monoisotopic (exact) mass is 1110 g/mol. The minimum absolute atomic E-state index is 0.0348. The normalized spacial score (nSPS) is 14.2. The summed E-state index contributed by atoms with van der Waals surface area (Å²) in [6, 6.07) is 0. The lowest BCUT2D eigenvalue weighted by atomic mass is 10.1. The molecule has 0 aromatic rings. The number of aliphatic hydroxyl groups excluding tert-OH is 1. The summed E-state index contributed by atoms with van der Waals surface area (Å²) in [5.41, 5.74) is 0. The molecule has 78 heavy (non-hydrogen) atoms. The van der Waals surface area contributed by atoms with E-state index >= 15 is 0 Å². The van der Waals surface area contributed by atoms with Crippen LogP contribution in [0.5, 0.6) is 0 Å². The molecule has 0 aliphatic carbocycles. The SMILES string of the molecule is CC/C=C\C/C=C\C/C=C\C/C=C\C/C=C\C/C=C\CCC(=O)OC(COC(=O)CCCCCCC/C=C\CCCCCCCC)COP(=O)(O)OCC(CO)OC(=O)CCCCCCCCC/C=C\C/C=C\C/C=C\CC. The number of hydrogen-bond donors (Lipinski definition) is 2. The van der Waals surface area contributed by atoms with Gasteiger partial charge >= 0.3 is 25.7 Å². The summed E-state index contributed by atoms with van der Waals surface area (Å²) in [5, 5.41) is 9.84. The first-order valence-electron chi connectivity index (χ1n) is 30.4. The molecule has 0 rings (SSSR count). The Labute approximate surface area is 475 Å². The van der Waals surface area contributed by atoms with E-state index in [1.54, 1.807) is 0 Å². The van der Waals surface area contributed by atoms with Crippen molar-refractivity contribution in [1.29, 1.82) is 0 Å². The van der Waals surface area contributed by atoms with Gasteiger partial charge in [0, 0.05) is 19.3 Å². The van der Waals surface area contributed by atoms with Crippen molar-refractivity contribution in [3.63, 3.8) is 0 Å².